The van der Waals surface area contributed by atoms with Crippen molar-refractivity contribution in [3.05, 3.63) is 35.2 Å². The minimum absolute atomic E-state index is 0.0305. The molecule has 0 saturated heterocycles. The van der Waals surface area contributed by atoms with Crippen LogP contribution in [0.15, 0.2) is 23.4 Å². The molecule has 2 aromatic rings. The van der Waals surface area contributed by atoms with Crippen LogP contribution in [0, 0.1) is 19.8 Å². The van der Waals surface area contributed by atoms with Crippen LogP contribution >= 0.6 is 11.8 Å². The molecular formula is C24H35N5O3S. The fourth-order valence-electron chi connectivity index (χ4n) is 4.18. The van der Waals surface area contributed by atoms with Gasteiger partial charge in [0.25, 0.3) is 5.91 Å². The Bertz CT molecular complexity index is 941. The van der Waals surface area contributed by atoms with Gasteiger partial charge in [-0.05, 0) is 50.7 Å². The number of carbonyl (C=O) groups is 2. The molecule has 1 aliphatic carbocycles. The van der Waals surface area contributed by atoms with Crippen LogP contribution in [0.3, 0.4) is 0 Å². The predicted octanol–water partition coefficient (Wildman–Crippen LogP) is 3.40. The molecule has 1 saturated carbocycles. The van der Waals surface area contributed by atoms with E-state index in [1.807, 2.05) is 43.5 Å². The van der Waals surface area contributed by atoms with Crippen molar-refractivity contribution in [2.45, 2.75) is 77.7 Å². The number of aromatic nitrogens is 3. The number of nitrogens with one attached hydrogen (secondary N) is 2. The lowest BCUT2D eigenvalue weighted by molar-refractivity contribution is -0.123. The van der Waals surface area contributed by atoms with Crippen molar-refractivity contribution in [2.24, 2.45) is 5.92 Å². The van der Waals surface area contributed by atoms with Gasteiger partial charge in [-0.2, -0.15) is 0 Å². The van der Waals surface area contributed by atoms with Gasteiger partial charge in [0, 0.05) is 12.6 Å². The smallest absolute Gasteiger partial charge is 0.258 e. The van der Waals surface area contributed by atoms with Gasteiger partial charge in [0.05, 0.1) is 12.3 Å². The summed E-state index contributed by atoms with van der Waals surface area (Å²) in [4.78, 5) is 24.7. The fraction of sp³-hybridized carbons (Fsp3) is 0.583. The van der Waals surface area contributed by atoms with Crippen molar-refractivity contribution < 1.29 is 14.3 Å². The Kier molecular flexibility index (Phi) is 9.17. The van der Waals surface area contributed by atoms with Crippen molar-refractivity contribution in [1.29, 1.82) is 0 Å². The van der Waals surface area contributed by atoms with Gasteiger partial charge in [-0.25, -0.2) is 0 Å². The number of carbonyl (C=O) groups excluding carboxylic acids is 2. The molecule has 180 valence electrons. The third kappa shape index (κ3) is 6.96. The van der Waals surface area contributed by atoms with Crippen molar-refractivity contribution in [1.82, 2.24) is 25.4 Å². The number of hydrogen-bond acceptors (Lipinski definition) is 6. The number of hydrogen-bond donors (Lipinski definition) is 2. The van der Waals surface area contributed by atoms with Crippen molar-refractivity contribution in [3.8, 4) is 5.75 Å². The number of para-hydroxylation sites is 1. The van der Waals surface area contributed by atoms with Gasteiger partial charge in [-0.1, -0.05) is 49.7 Å². The normalized spacial score (nSPS) is 18.1. The molecule has 2 N–H and O–H groups in total. The molecule has 0 unspecified atom stereocenters. The summed E-state index contributed by atoms with van der Waals surface area (Å²) in [6.45, 7) is 8.96. The first kappa shape index (κ1) is 25.1. The molecule has 33 heavy (non-hydrogen) atoms. The second kappa shape index (κ2) is 12.1. The Morgan fingerprint density at radius 3 is 2.58 bits per heavy atom. The first-order valence-electron chi connectivity index (χ1n) is 11.7. The second-order valence-electron chi connectivity index (χ2n) is 8.65. The minimum atomic E-state index is -0.224. The fourth-order valence-corrected chi connectivity index (χ4v) is 5.01. The van der Waals surface area contributed by atoms with E-state index in [4.69, 9.17) is 4.74 Å². The van der Waals surface area contributed by atoms with E-state index >= 15 is 0 Å². The molecule has 0 aliphatic heterocycles. The van der Waals surface area contributed by atoms with Crippen LogP contribution < -0.4 is 15.4 Å². The highest BCUT2D eigenvalue weighted by molar-refractivity contribution is 7.99. The highest BCUT2D eigenvalue weighted by Gasteiger charge is 2.23. The van der Waals surface area contributed by atoms with Gasteiger partial charge in [0.1, 0.15) is 5.75 Å². The maximum atomic E-state index is 12.4. The molecule has 0 spiro atoms. The second-order valence-corrected chi connectivity index (χ2v) is 9.60. The molecule has 8 nitrogen and oxygen atoms in total. The van der Waals surface area contributed by atoms with Crippen molar-refractivity contribution >= 4 is 23.6 Å². The first-order chi connectivity index (χ1) is 15.9. The summed E-state index contributed by atoms with van der Waals surface area (Å²) in [6, 6.07) is 6.15. The van der Waals surface area contributed by atoms with E-state index in [0.717, 1.165) is 23.3 Å². The third-order valence-corrected chi connectivity index (χ3v) is 7.07. The van der Waals surface area contributed by atoms with E-state index < -0.39 is 0 Å². The van der Waals surface area contributed by atoms with E-state index in [2.05, 4.69) is 27.8 Å². The maximum absolute atomic E-state index is 12.4. The summed E-state index contributed by atoms with van der Waals surface area (Å²) < 4.78 is 7.64. The van der Waals surface area contributed by atoms with E-state index in [-0.39, 0.29) is 31.0 Å². The molecular weight excluding hydrogens is 438 g/mol. The van der Waals surface area contributed by atoms with Crippen LogP contribution in [0.25, 0.3) is 0 Å². The molecule has 0 radical (unpaired) electrons. The van der Waals surface area contributed by atoms with E-state index in [9.17, 15) is 9.59 Å². The van der Waals surface area contributed by atoms with Gasteiger partial charge >= 0.3 is 0 Å². The topological polar surface area (TPSA) is 98.1 Å². The zero-order valence-electron chi connectivity index (χ0n) is 20.0. The van der Waals surface area contributed by atoms with E-state index in [1.165, 1.54) is 31.0 Å². The first-order valence-corrected chi connectivity index (χ1v) is 12.7. The Morgan fingerprint density at radius 2 is 1.88 bits per heavy atom. The van der Waals surface area contributed by atoms with Crippen LogP contribution in [0.5, 0.6) is 5.75 Å². The maximum Gasteiger partial charge on any atom is 0.258 e. The predicted molar refractivity (Wildman–Crippen MR) is 129 cm³/mol. The number of nitrogens with zero attached hydrogens (tertiary/aromatic N) is 3. The summed E-state index contributed by atoms with van der Waals surface area (Å²) in [7, 11) is 0. The number of aryl methyl sites for hydroxylation is 2. The summed E-state index contributed by atoms with van der Waals surface area (Å²) in [5, 5.41) is 15.1. The number of ether oxygens (including phenoxy) is 1. The summed E-state index contributed by atoms with van der Waals surface area (Å²) >= 11 is 1.38. The van der Waals surface area contributed by atoms with E-state index in [1.54, 1.807) is 0 Å². The summed E-state index contributed by atoms with van der Waals surface area (Å²) in [5.41, 5.74) is 1.99. The average Bonchev–Trinajstić information content (AvgIpc) is 3.19. The molecule has 1 fully saturated rings. The molecule has 1 heterocycles. The van der Waals surface area contributed by atoms with Gasteiger partial charge in [-0.3, -0.25) is 9.59 Å². The zero-order valence-corrected chi connectivity index (χ0v) is 20.8. The molecule has 0 bridgehead atoms. The van der Waals surface area contributed by atoms with Crippen LogP contribution in [-0.4, -0.2) is 45.0 Å². The molecule has 1 aliphatic rings. The molecule has 1 aromatic carbocycles. The monoisotopic (exact) mass is 473 g/mol. The number of amides is 2. The standard InChI is InChI=1S/C24H35N5O3S/c1-5-29-20(13-25-21(30)14-32-23-17(3)10-8-11-18(23)4)27-28-24(29)33-15-22(31)26-19-12-7-6-9-16(19)2/h8,10-11,16,19H,5-7,9,12-15H2,1-4H3,(H,25,30)(H,26,31)/t16-,19-/m1/s1. The molecule has 2 atom stereocenters. The molecule has 9 heteroatoms. The third-order valence-electron chi connectivity index (χ3n) is 6.10. The Morgan fingerprint density at radius 1 is 1.15 bits per heavy atom. The minimum Gasteiger partial charge on any atom is -0.483 e. The van der Waals surface area contributed by atoms with Crippen molar-refractivity contribution in [2.75, 3.05) is 12.4 Å². The van der Waals surface area contributed by atoms with Crippen LogP contribution in [-0.2, 0) is 22.7 Å². The molecule has 3 rings (SSSR count). The lowest BCUT2D eigenvalue weighted by atomic mass is 9.86. The average molecular weight is 474 g/mol. The van der Waals surface area contributed by atoms with Gasteiger partial charge in [-0.15, -0.1) is 10.2 Å². The Hall–Kier alpha value is -2.55. The van der Waals surface area contributed by atoms with E-state index in [0.29, 0.717) is 29.2 Å². The Balaban J connectivity index is 1.47. The molecule has 2 amide bonds. The number of benzene rings is 1. The highest BCUT2D eigenvalue weighted by atomic mass is 32.2. The lowest BCUT2D eigenvalue weighted by Gasteiger charge is -2.29. The lowest BCUT2D eigenvalue weighted by Crippen LogP contribution is -2.41. The van der Waals surface area contributed by atoms with Crippen molar-refractivity contribution in [3.63, 3.8) is 0 Å². The highest BCUT2D eigenvalue weighted by Crippen LogP contribution is 2.24. The van der Waals surface area contributed by atoms with Gasteiger partial charge < -0.3 is 19.9 Å². The quantitative estimate of drug-likeness (QED) is 0.513. The van der Waals surface area contributed by atoms with Crippen LogP contribution in [0.1, 0.15) is 56.5 Å². The number of rotatable bonds is 10. The SMILES string of the molecule is CCn1c(CNC(=O)COc2c(C)cccc2C)nnc1SCC(=O)N[C@@H]1CCCC[C@H]1C. The van der Waals surface area contributed by atoms with Gasteiger partial charge in [0.2, 0.25) is 5.91 Å². The van der Waals surface area contributed by atoms with Crippen LogP contribution in [0.4, 0.5) is 0 Å². The largest absolute Gasteiger partial charge is 0.483 e. The molecule has 1 aromatic heterocycles. The van der Waals surface area contributed by atoms with Crippen LogP contribution in [0.2, 0.25) is 0 Å². The summed E-state index contributed by atoms with van der Waals surface area (Å²) in [6.07, 6.45) is 4.66. The zero-order chi connectivity index (χ0) is 23.8. The van der Waals surface area contributed by atoms with Gasteiger partial charge in [0.15, 0.2) is 17.6 Å². The number of thioether (sulfide) groups is 1. The Labute approximate surface area is 200 Å². The summed E-state index contributed by atoms with van der Waals surface area (Å²) in [5.74, 6) is 2.03.